The Labute approximate surface area is 178 Å². The summed E-state index contributed by atoms with van der Waals surface area (Å²) in [5.74, 6) is -1.54. The molecule has 0 aromatic heterocycles. The molecule has 0 bridgehead atoms. The highest BCUT2D eigenvalue weighted by atomic mass is 16.7. The zero-order valence-electron chi connectivity index (χ0n) is 16.8. The smallest absolute Gasteiger partial charge is 0.331 e. The van der Waals surface area contributed by atoms with Crippen molar-refractivity contribution in [2.45, 2.75) is 68.6 Å². The van der Waals surface area contributed by atoms with Crippen molar-refractivity contribution in [3.63, 3.8) is 0 Å². The number of phenols is 2. The molecule has 3 rings (SSSR count). The largest absolute Gasteiger partial charge is 0.504 e. The molecule has 10 nitrogen and oxygen atoms in total. The number of esters is 1. The number of rotatable bonds is 6. The van der Waals surface area contributed by atoms with E-state index >= 15 is 0 Å². The lowest BCUT2D eigenvalue weighted by Gasteiger charge is -2.43. The molecule has 0 radical (unpaired) electrons. The van der Waals surface area contributed by atoms with Crippen molar-refractivity contribution in [3.05, 3.63) is 29.8 Å². The van der Waals surface area contributed by atoms with E-state index in [9.17, 15) is 35.4 Å². The third-order valence-electron chi connectivity index (χ3n) is 5.46. The van der Waals surface area contributed by atoms with Crippen LogP contribution >= 0.6 is 0 Å². The zero-order chi connectivity index (χ0) is 22.5. The van der Waals surface area contributed by atoms with Crippen molar-refractivity contribution in [2.75, 3.05) is 6.61 Å². The van der Waals surface area contributed by atoms with E-state index in [1.807, 2.05) is 0 Å². The van der Waals surface area contributed by atoms with Gasteiger partial charge in [0.05, 0.1) is 18.8 Å². The topological polar surface area (TPSA) is 166 Å². The molecule has 0 amide bonds. The number of aliphatic hydroxyl groups is 4. The van der Waals surface area contributed by atoms with Crippen LogP contribution < -0.4 is 0 Å². The molecule has 1 aromatic carbocycles. The van der Waals surface area contributed by atoms with Crippen LogP contribution in [0, 0.1) is 0 Å². The highest BCUT2D eigenvalue weighted by Gasteiger charge is 2.48. The second-order valence-corrected chi connectivity index (χ2v) is 7.72. The van der Waals surface area contributed by atoms with Gasteiger partial charge in [0.2, 0.25) is 0 Å². The van der Waals surface area contributed by atoms with Gasteiger partial charge >= 0.3 is 5.97 Å². The Balaban J connectivity index is 1.71. The molecular formula is C21H28O10. The Hall–Kier alpha value is -2.21. The van der Waals surface area contributed by atoms with Crippen molar-refractivity contribution in [1.82, 2.24) is 0 Å². The van der Waals surface area contributed by atoms with Gasteiger partial charge in [-0.2, -0.15) is 0 Å². The summed E-state index contributed by atoms with van der Waals surface area (Å²) in [6.07, 6.45) is -3.17. The second kappa shape index (κ2) is 10.4. The fraction of sp³-hybridized carbons (Fsp3) is 0.571. The predicted octanol–water partition coefficient (Wildman–Crippen LogP) is -0.218. The quantitative estimate of drug-likeness (QED) is 0.198. The molecule has 1 aliphatic heterocycles. The lowest BCUT2D eigenvalue weighted by molar-refractivity contribution is -0.320. The third-order valence-corrected chi connectivity index (χ3v) is 5.46. The SMILES string of the molecule is O=C(/C=C/c1ccc(O)c(O)c1)O[C@H]1[C@H](O[C@H]2CCCC[C@H]2O)O[C@H](CO)[C@@H](O)[C@@H]1O. The average molecular weight is 440 g/mol. The molecule has 172 valence electrons. The summed E-state index contributed by atoms with van der Waals surface area (Å²) in [6.45, 7) is -0.587. The van der Waals surface area contributed by atoms with Crippen LogP contribution in [0.1, 0.15) is 31.2 Å². The Morgan fingerprint density at radius 1 is 1.10 bits per heavy atom. The normalized spacial score (nSPS) is 34.0. The van der Waals surface area contributed by atoms with Crippen LogP contribution in [0.2, 0.25) is 0 Å². The van der Waals surface area contributed by atoms with Gasteiger partial charge in [-0.05, 0) is 36.6 Å². The molecule has 1 aromatic rings. The number of aromatic hydroxyl groups is 2. The van der Waals surface area contributed by atoms with Gasteiger partial charge in [0, 0.05) is 6.08 Å². The molecule has 7 atom stereocenters. The number of carbonyl (C=O) groups excluding carboxylic acids is 1. The van der Waals surface area contributed by atoms with Crippen LogP contribution in [0.4, 0.5) is 0 Å². The first-order chi connectivity index (χ1) is 14.8. The molecule has 10 heteroatoms. The van der Waals surface area contributed by atoms with Gasteiger partial charge in [-0.1, -0.05) is 18.9 Å². The van der Waals surface area contributed by atoms with Crippen LogP contribution in [0.15, 0.2) is 24.3 Å². The highest BCUT2D eigenvalue weighted by molar-refractivity contribution is 5.87. The number of aliphatic hydroxyl groups excluding tert-OH is 4. The molecule has 1 saturated heterocycles. The Morgan fingerprint density at radius 2 is 1.84 bits per heavy atom. The summed E-state index contributed by atoms with van der Waals surface area (Å²) >= 11 is 0. The molecule has 1 heterocycles. The molecule has 1 saturated carbocycles. The van der Waals surface area contributed by atoms with Crippen molar-refractivity contribution < 1.29 is 49.6 Å². The lowest BCUT2D eigenvalue weighted by Crippen LogP contribution is -2.61. The molecule has 0 spiro atoms. The second-order valence-electron chi connectivity index (χ2n) is 7.72. The van der Waals surface area contributed by atoms with E-state index in [0.717, 1.165) is 18.9 Å². The fourth-order valence-electron chi connectivity index (χ4n) is 3.68. The number of benzene rings is 1. The van der Waals surface area contributed by atoms with E-state index in [4.69, 9.17) is 14.2 Å². The van der Waals surface area contributed by atoms with Gasteiger partial charge in [-0.25, -0.2) is 4.79 Å². The Morgan fingerprint density at radius 3 is 2.52 bits per heavy atom. The van der Waals surface area contributed by atoms with Crippen molar-refractivity contribution in [3.8, 4) is 11.5 Å². The first kappa shape index (κ1) is 23.5. The van der Waals surface area contributed by atoms with E-state index in [2.05, 4.69) is 0 Å². The van der Waals surface area contributed by atoms with Crippen molar-refractivity contribution in [2.24, 2.45) is 0 Å². The maximum atomic E-state index is 12.3. The molecule has 0 unspecified atom stereocenters. The summed E-state index contributed by atoms with van der Waals surface area (Å²) in [5.41, 5.74) is 0.409. The summed E-state index contributed by atoms with van der Waals surface area (Å²) in [5, 5.41) is 59.0. The zero-order valence-corrected chi connectivity index (χ0v) is 16.8. The molecule has 31 heavy (non-hydrogen) atoms. The minimum Gasteiger partial charge on any atom is -0.504 e. The minimum absolute atomic E-state index is 0.306. The lowest BCUT2D eigenvalue weighted by atomic mass is 9.94. The van der Waals surface area contributed by atoms with Gasteiger partial charge < -0.3 is 44.8 Å². The Kier molecular flexibility index (Phi) is 7.87. The first-order valence-electron chi connectivity index (χ1n) is 10.2. The standard InChI is InChI=1S/C21H28O10/c22-10-16-18(27)19(28)20(21(30-16)29-15-4-2-1-3-13(15)24)31-17(26)8-6-11-5-7-12(23)14(25)9-11/h5-9,13,15-16,18-25,27-28H,1-4,10H2/b8-6+/t13-,15+,16-,18-,19+,20-,21-/m1/s1. The maximum Gasteiger partial charge on any atom is 0.331 e. The summed E-state index contributed by atoms with van der Waals surface area (Å²) in [4.78, 5) is 12.3. The van der Waals surface area contributed by atoms with E-state index in [1.165, 1.54) is 24.3 Å². The van der Waals surface area contributed by atoms with Crippen LogP contribution in [0.25, 0.3) is 6.08 Å². The molecule has 1 aliphatic carbocycles. The third kappa shape index (κ3) is 5.73. The molecular weight excluding hydrogens is 412 g/mol. The van der Waals surface area contributed by atoms with Gasteiger partial charge in [-0.3, -0.25) is 0 Å². The van der Waals surface area contributed by atoms with Gasteiger partial charge in [0.1, 0.15) is 18.3 Å². The van der Waals surface area contributed by atoms with Crippen LogP contribution in [-0.2, 0) is 19.0 Å². The van der Waals surface area contributed by atoms with Crippen LogP contribution in [-0.4, -0.2) is 86.1 Å². The highest BCUT2D eigenvalue weighted by Crippen LogP contribution is 2.30. The van der Waals surface area contributed by atoms with Crippen molar-refractivity contribution >= 4 is 12.0 Å². The van der Waals surface area contributed by atoms with Crippen LogP contribution in [0.3, 0.4) is 0 Å². The predicted molar refractivity (Wildman–Crippen MR) is 106 cm³/mol. The molecule has 6 N–H and O–H groups in total. The van der Waals surface area contributed by atoms with Gasteiger partial charge in [0.25, 0.3) is 0 Å². The number of carbonyl (C=O) groups is 1. The number of phenolic OH excluding ortho intramolecular Hbond substituents is 2. The maximum absolute atomic E-state index is 12.3. The number of ether oxygens (including phenoxy) is 3. The van der Waals surface area contributed by atoms with Gasteiger partial charge in [0.15, 0.2) is 23.9 Å². The van der Waals surface area contributed by atoms with Crippen LogP contribution in [0.5, 0.6) is 11.5 Å². The number of hydrogen-bond acceptors (Lipinski definition) is 10. The van der Waals surface area contributed by atoms with Crippen molar-refractivity contribution in [1.29, 1.82) is 0 Å². The van der Waals surface area contributed by atoms with E-state index in [-0.39, 0.29) is 11.5 Å². The summed E-state index contributed by atoms with van der Waals surface area (Å²) < 4.78 is 16.6. The van der Waals surface area contributed by atoms with E-state index in [1.54, 1.807) is 0 Å². The summed E-state index contributed by atoms with van der Waals surface area (Å²) in [7, 11) is 0. The Bertz CT molecular complexity index is 781. The average Bonchev–Trinajstić information content (AvgIpc) is 2.75. The molecule has 2 aliphatic rings. The molecule has 2 fully saturated rings. The first-order valence-corrected chi connectivity index (χ1v) is 10.2. The minimum atomic E-state index is -1.59. The monoisotopic (exact) mass is 440 g/mol. The van der Waals surface area contributed by atoms with E-state index < -0.39 is 55.5 Å². The summed E-state index contributed by atoms with van der Waals surface area (Å²) in [6, 6.07) is 3.96. The van der Waals surface area contributed by atoms with Gasteiger partial charge in [-0.15, -0.1) is 0 Å². The van der Waals surface area contributed by atoms with E-state index in [0.29, 0.717) is 18.4 Å². The fourth-order valence-corrected chi connectivity index (χ4v) is 3.68. The number of hydrogen-bond donors (Lipinski definition) is 6.